The summed E-state index contributed by atoms with van der Waals surface area (Å²) in [6, 6.07) is 8.65. The maximum atomic E-state index is 13.8. The Morgan fingerprint density at radius 2 is 2.00 bits per heavy atom. The summed E-state index contributed by atoms with van der Waals surface area (Å²) >= 11 is 1.22. The molecule has 1 saturated heterocycles. The quantitative estimate of drug-likeness (QED) is 0.262. The number of aromatic nitrogens is 2. The van der Waals surface area contributed by atoms with Crippen molar-refractivity contribution < 1.29 is 36.6 Å². The molecule has 204 valence electrons. The average Bonchev–Trinajstić information content (AvgIpc) is 3.52. The third-order valence-corrected chi connectivity index (χ3v) is 7.20. The van der Waals surface area contributed by atoms with Crippen molar-refractivity contribution in [3.05, 3.63) is 53.4 Å². The lowest BCUT2D eigenvalue weighted by Crippen LogP contribution is -2.45. The monoisotopic (exact) mass is 556 g/mol. The number of anilines is 1. The second-order valence-electron chi connectivity index (χ2n) is 9.08. The van der Waals surface area contributed by atoms with Crippen LogP contribution in [0.25, 0.3) is 16.3 Å². The zero-order chi connectivity index (χ0) is 27.5. The van der Waals surface area contributed by atoms with Crippen LogP contribution >= 0.6 is 11.3 Å². The molecule has 1 aliphatic heterocycles. The van der Waals surface area contributed by atoms with Gasteiger partial charge in [-0.05, 0) is 43.0 Å². The zero-order valence-corrected chi connectivity index (χ0v) is 20.9. The third kappa shape index (κ3) is 6.38. The molecule has 0 spiro atoms. The molecule has 1 aliphatic rings. The van der Waals surface area contributed by atoms with Crippen LogP contribution in [0.3, 0.4) is 0 Å². The molecule has 1 fully saturated rings. The molecule has 0 unspecified atom stereocenters. The number of carbonyl (C=O) groups is 2. The molecule has 7 nitrogen and oxygen atoms in total. The minimum absolute atomic E-state index is 0.0457. The number of rotatable bonds is 10. The van der Waals surface area contributed by atoms with E-state index in [-0.39, 0.29) is 36.5 Å². The van der Waals surface area contributed by atoms with Crippen LogP contribution in [0, 0.1) is 0 Å². The summed E-state index contributed by atoms with van der Waals surface area (Å²) in [7, 11) is 0. The Kier molecular flexibility index (Phi) is 8.16. The number of piperidine rings is 1. The Bertz CT molecular complexity index is 1260. The summed E-state index contributed by atoms with van der Waals surface area (Å²) in [4.78, 5) is 26.4. The summed E-state index contributed by atoms with van der Waals surface area (Å²) in [5.74, 6) is -4.10. The SMILES string of the molecule is O=CN(c1cc(-c2ccccc2C(F)(F)F)n(-c2cccs2)n1)[C@@H](CCN1CCCC(F)(F)C1)CC(=O)O. The number of alkyl halides is 5. The van der Waals surface area contributed by atoms with Crippen LogP contribution in [0.2, 0.25) is 0 Å². The van der Waals surface area contributed by atoms with E-state index in [2.05, 4.69) is 5.10 Å². The van der Waals surface area contributed by atoms with Gasteiger partial charge >= 0.3 is 12.1 Å². The Balaban J connectivity index is 1.71. The summed E-state index contributed by atoms with van der Waals surface area (Å²) in [5.41, 5.74) is -0.995. The largest absolute Gasteiger partial charge is 0.481 e. The van der Waals surface area contributed by atoms with Gasteiger partial charge in [-0.3, -0.25) is 19.4 Å². The van der Waals surface area contributed by atoms with E-state index in [0.29, 0.717) is 24.4 Å². The zero-order valence-electron chi connectivity index (χ0n) is 20.1. The van der Waals surface area contributed by atoms with Crippen LogP contribution in [0.1, 0.15) is 31.2 Å². The highest BCUT2D eigenvalue weighted by atomic mass is 32.1. The normalized spacial score (nSPS) is 16.8. The van der Waals surface area contributed by atoms with Gasteiger partial charge in [-0.2, -0.15) is 13.2 Å². The molecule has 0 saturated carbocycles. The maximum Gasteiger partial charge on any atom is 0.417 e. The highest BCUT2D eigenvalue weighted by Gasteiger charge is 2.37. The van der Waals surface area contributed by atoms with Gasteiger partial charge in [-0.25, -0.2) is 13.5 Å². The van der Waals surface area contributed by atoms with E-state index in [1.54, 1.807) is 17.5 Å². The Morgan fingerprint density at radius 3 is 2.63 bits per heavy atom. The number of carboxylic acids is 1. The number of carbonyl (C=O) groups excluding carboxylic acids is 1. The van der Waals surface area contributed by atoms with Gasteiger partial charge in [-0.1, -0.05) is 18.2 Å². The summed E-state index contributed by atoms with van der Waals surface area (Å²) in [5, 5.41) is 16.1. The van der Waals surface area contributed by atoms with Crippen molar-refractivity contribution in [1.29, 1.82) is 0 Å². The molecule has 2 aromatic heterocycles. The number of halogens is 5. The number of amides is 1. The number of nitrogens with zero attached hydrogens (tertiary/aromatic N) is 4. The van der Waals surface area contributed by atoms with Crippen molar-refractivity contribution in [2.24, 2.45) is 0 Å². The van der Waals surface area contributed by atoms with E-state index in [4.69, 9.17) is 0 Å². The predicted octanol–water partition coefficient (Wildman–Crippen LogP) is 5.55. The van der Waals surface area contributed by atoms with E-state index < -0.39 is 42.6 Å². The lowest BCUT2D eigenvalue weighted by molar-refractivity contribution is -0.138. The van der Waals surface area contributed by atoms with E-state index in [9.17, 15) is 36.6 Å². The van der Waals surface area contributed by atoms with Crippen LogP contribution in [-0.4, -0.2) is 63.8 Å². The van der Waals surface area contributed by atoms with Crippen molar-refractivity contribution in [1.82, 2.24) is 14.7 Å². The summed E-state index contributed by atoms with van der Waals surface area (Å²) in [6.45, 7) is 0.0778. The predicted molar refractivity (Wildman–Crippen MR) is 132 cm³/mol. The van der Waals surface area contributed by atoms with E-state index in [1.807, 2.05) is 0 Å². The lowest BCUT2D eigenvalue weighted by Gasteiger charge is -2.34. The minimum atomic E-state index is -4.66. The average molecular weight is 557 g/mol. The first-order chi connectivity index (χ1) is 18.0. The van der Waals surface area contributed by atoms with Gasteiger partial charge in [0.25, 0.3) is 5.92 Å². The van der Waals surface area contributed by atoms with Gasteiger partial charge in [0.05, 0.1) is 24.2 Å². The number of benzene rings is 1. The van der Waals surface area contributed by atoms with Gasteiger partial charge < -0.3 is 5.11 Å². The first-order valence-electron chi connectivity index (χ1n) is 11.8. The number of hydrogen-bond acceptors (Lipinski definition) is 5. The number of hydrogen-bond donors (Lipinski definition) is 1. The van der Waals surface area contributed by atoms with Gasteiger partial charge in [0.15, 0.2) is 5.82 Å². The fourth-order valence-corrected chi connectivity index (χ4v) is 5.33. The fourth-order valence-electron chi connectivity index (χ4n) is 4.64. The lowest BCUT2D eigenvalue weighted by atomic mass is 10.0. The standard InChI is InChI=1S/C25H25F5N4O3S/c26-24(27)9-4-10-32(15-24)11-8-17(13-23(36)37)33(16-35)21-14-20(34(31-21)22-7-3-12-38-22)18-5-1-2-6-19(18)25(28,29)30/h1-3,5-7,12,14,16-17H,4,8-11,13,15H2,(H,36,37)/t17-/m0/s1. The molecule has 13 heteroatoms. The van der Waals surface area contributed by atoms with Gasteiger partial charge in [0.2, 0.25) is 6.41 Å². The van der Waals surface area contributed by atoms with E-state index in [0.717, 1.165) is 11.0 Å². The molecule has 0 radical (unpaired) electrons. The topological polar surface area (TPSA) is 78.7 Å². The van der Waals surface area contributed by atoms with Gasteiger partial charge in [0, 0.05) is 30.6 Å². The van der Waals surface area contributed by atoms with Crippen molar-refractivity contribution in [3.8, 4) is 16.3 Å². The van der Waals surface area contributed by atoms with Crippen molar-refractivity contribution >= 4 is 29.5 Å². The van der Waals surface area contributed by atoms with Crippen molar-refractivity contribution in [2.45, 2.75) is 43.8 Å². The molecule has 38 heavy (non-hydrogen) atoms. The molecule has 1 aromatic carbocycles. The van der Waals surface area contributed by atoms with Crippen LogP contribution in [0.15, 0.2) is 47.8 Å². The van der Waals surface area contributed by atoms with E-state index >= 15 is 0 Å². The molecule has 0 bridgehead atoms. The summed E-state index contributed by atoms with van der Waals surface area (Å²) < 4.78 is 70.4. The molecule has 0 aliphatic carbocycles. The van der Waals surface area contributed by atoms with E-state index in [1.165, 1.54) is 45.2 Å². The number of aliphatic carboxylic acids is 1. The molecular formula is C25H25F5N4O3S. The molecular weight excluding hydrogens is 531 g/mol. The molecule has 3 heterocycles. The Morgan fingerprint density at radius 1 is 1.24 bits per heavy atom. The number of thiophene rings is 1. The van der Waals surface area contributed by atoms with Crippen LogP contribution in [-0.2, 0) is 15.8 Å². The number of carboxylic acid groups (broad SMARTS) is 1. The smallest absolute Gasteiger partial charge is 0.417 e. The molecule has 1 amide bonds. The second-order valence-corrected chi connectivity index (χ2v) is 10.0. The fraction of sp³-hybridized carbons (Fsp3) is 0.400. The Hall–Kier alpha value is -3.32. The highest BCUT2D eigenvalue weighted by Crippen LogP contribution is 2.39. The maximum absolute atomic E-state index is 13.8. The Labute approximate surface area is 219 Å². The van der Waals surface area contributed by atoms with Gasteiger partial charge in [-0.15, -0.1) is 16.4 Å². The van der Waals surface area contributed by atoms with Gasteiger partial charge in [0.1, 0.15) is 5.00 Å². The minimum Gasteiger partial charge on any atom is -0.481 e. The first-order valence-corrected chi connectivity index (χ1v) is 12.7. The van der Waals surface area contributed by atoms with Crippen molar-refractivity contribution in [2.75, 3.05) is 24.5 Å². The molecule has 1 N–H and O–H groups in total. The second kappa shape index (κ2) is 11.2. The van der Waals surface area contributed by atoms with Crippen molar-refractivity contribution in [3.63, 3.8) is 0 Å². The third-order valence-electron chi connectivity index (χ3n) is 6.35. The highest BCUT2D eigenvalue weighted by molar-refractivity contribution is 7.12. The van der Waals surface area contributed by atoms with Crippen LogP contribution in [0.5, 0.6) is 0 Å². The molecule has 4 rings (SSSR count). The molecule has 1 atom stereocenters. The number of likely N-dealkylation sites (tertiary alicyclic amines) is 1. The van der Waals surface area contributed by atoms with Crippen LogP contribution < -0.4 is 4.90 Å². The first kappa shape index (κ1) is 27.7. The molecule has 3 aromatic rings. The van der Waals surface area contributed by atoms with Crippen LogP contribution in [0.4, 0.5) is 27.8 Å². The summed E-state index contributed by atoms with van der Waals surface area (Å²) in [6.07, 6.45) is -4.65.